The Kier molecular flexibility index (Phi) is 5.64. The van der Waals surface area contributed by atoms with Crippen LogP contribution in [0.5, 0.6) is 0 Å². The van der Waals surface area contributed by atoms with Crippen molar-refractivity contribution in [1.82, 2.24) is 0 Å². The predicted octanol–water partition coefficient (Wildman–Crippen LogP) is 2.97. The van der Waals surface area contributed by atoms with Gasteiger partial charge in [0.1, 0.15) is 12.1 Å². The first kappa shape index (κ1) is 15.5. The summed E-state index contributed by atoms with van der Waals surface area (Å²) in [6.45, 7) is 10.6. The smallest absolute Gasteiger partial charge is 0.323 e. The van der Waals surface area contributed by atoms with Crippen LogP contribution in [0.2, 0.25) is 0 Å². The molecule has 0 saturated heterocycles. The lowest BCUT2D eigenvalue weighted by molar-refractivity contribution is -0.158. The molecule has 0 spiro atoms. The van der Waals surface area contributed by atoms with Crippen molar-refractivity contribution in [2.45, 2.75) is 66.0 Å². The van der Waals surface area contributed by atoms with Crippen molar-refractivity contribution in [1.29, 1.82) is 0 Å². The minimum Gasteiger partial charge on any atom is -0.461 e. The Hall–Kier alpha value is -0.570. The Balaban J connectivity index is 2.63. The van der Waals surface area contributed by atoms with E-state index >= 15 is 0 Å². The van der Waals surface area contributed by atoms with Gasteiger partial charge in [-0.15, -0.1) is 0 Å². The molecule has 1 aliphatic rings. The Morgan fingerprint density at radius 2 is 1.83 bits per heavy atom. The summed E-state index contributed by atoms with van der Waals surface area (Å²) >= 11 is 0. The molecule has 0 aliphatic heterocycles. The summed E-state index contributed by atoms with van der Waals surface area (Å²) in [5.41, 5.74) is 5.86. The molecule has 0 aromatic rings. The van der Waals surface area contributed by atoms with Gasteiger partial charge in [0.05, 0.1) is 0 Å². The zero-order valence-corrected chi connectivity index (χ0v) is 12.5. The van der Waals surface area contributed by atoms with Gasteiger partial charge in [-0.05, 0) is 36.5 Å². The van der Waals surface area contributed by atoms with Gasteiger partial charge in [-0.25, -0.2) is 0 Å². The maximum Gasteiger partial charge on any atom is 0.323 e. The summed E-state index contributed by atoms with van der Waals surface area (Å²) in [6, 6.07) is -0.491. The molecular weight excluding hydrogens is 226 g/mol. The van der Waals surface area contributed by atoms with E-state index in [1.165, 1.54) is 6.42 Å². The lowest BCUT2D eigenvalue weighted by atomic mass is 9.75. The van der Waals surface area contributed by atoms with E-state index in [9.17, 15) is 4.79 Å². The molecule has 3 nitrogen and oxygen atoms in total. The van der Waals surface area contributed by atoms with E-state index in [4.69, 9.17) is 10.5 Å². The van der Waals surface area contributed by atoms with Gasteiger partial charge >= 0.3 is 5.97 Å². The Labute approximate surface area is 111 Å². The zero-order valence-electron chi connectivity index (χ0n) is 12.5. The first-order valence-corrected chi connectivity index (χ1v) is 7.29. The second-order valence-electron chi connectivity index (χ2n) is 6.57. The van der Waals surface area contributed by atoms with Crippen LogP contribution in [0.3, 0.4) is 0 Å². The van der Waals surface area contributed by atoms with Crippen molar-refractivity contribution in [3.8, 4) is 0 Å². The van der Waals surface area contributed by atoms with Crippen LogP contribution in [0.4, 0.5) is 0 Å². The number of rotatable bonds is 4. The molecule has 106 valence electrons. The van der Waals surface area contributed by atoms with Gasteiger partial charge < -0.3 is 10.5 Å². The third kappa shape index (κ3) is 3.98. The number of hydrogen-bond donors (Lipinski definition) is 1. The highest BCUT2D eigenvalue weighted by molar-refractivity contribution is 5.76. The van der Waals surface area contributed by atoms with E-state index < -0.39 is 6.04 Å². The highest BCUT2D eigenvalue weighted by atomic mass is 16.5. The van der Waals surface area contributed by atoms with Gasteiger partial charge in [0.2, 0.25) is 0 Å². The highest BCUT2D eigenvalue weighted by Gasteiger charge is 2.34. The first-order chi connectivity index (χ1) is 8.32. The maximum atomic E-state index is 12.0. The van der Waals surface area contributed by atoms with E-state index in [0.717, 1.165) is 12.8 Å². The van der Waals surface area contributed by atoms with Crippen molar-refractivity contribution in [2.75, 3.05) is 0 Å². The van der Waals surface area contributed by atoms with Crippen LogP contribution in [0.25, 0.3) is 0 Å². The molecular formula is C15H29NO2. The fourth-order valence-electron chi connectivity index (χ4n) is 2.75. The Morgan fingerprint density at radius 3 is 2.33 bits per heavy atom. The molecule has 0 radical (unpaired) electrons. The van der Waals surface area contributed by atoms with E-state index in [1.807, 2.05) is 13.8 Å². The first-order valence-electron chi connectivity index (χ1n) is 7.29. The molecule has 4 unspecified atom stereocenters. The average molecular weight is 255 g/mol. The lowest BCUT2D eigenvalue weighted by Gasteiger charge is -2.37. The standard InChI is InChI=1S/C15H29NO2/c1-9(2)12-7-6-11(5)8-13(12)18-15(17)14(16)10(3)4/h9-14H,6-8,16H2,1-5H3. The minimum absolute atomic E-state index is 0.0612. The summed E-state index contributed by atoms with van der Waals surface area (Å²) in [4.78, 5) is 12.0. The number of hydrogen-bond acceptors (Lipinski definition) is 3. The summed E-state index contributed by atoms with van der Waals surface area (Å²) in [6.07, 6.45) is 3.45. The van der Waals surface area contributed by atoms with E-state index in [2.05, 4.69) is 20.8 Å². The van der Waals surface area contributed by atoms with Gasteiger partial charge in [0, 0.05) is 0 Å². The molecule has 4 atom stereocenters. The molecule has 1 aliphatic carbocycles. The van der Waals surface area contributed by atoms with Crippen molar-refractivity contribution >= 4 is 5.97 Å². The largest absolute Gasteiger partial charge is 0.461 e. The minimum atomic E-state index is -0.491. The molecule has 1 saturated carbocycles. The molecule has 1 rings (SSSR count). The van der Waals surface area contributed by atoms with Crippen molar-refractivity contribution in [2.24, 2.45) is 29.4 Å². The summed E-state index contributed by atoms with van der Waals surface area (Å²) in [7, 11) is 0. The summed E-state index contributed by atoms with van der Waals surface area (Å²) in [5.74, 6) is 1.61. The molecule has 0 aromatic heterocycles. The summed E-state index contributed by atoms with van der Waals surface area (Å²) < 4.78 is 5.69. The average Bonchev–Trinajstić information content (AvgIpc) is 2.27. The fourth-order valence-corrected chi connectivity index (χ4v) is 2.75. The van der Waals surface area contributed by atoms with Crippen LogP contribution in [-0.4, -0.2) is 18.1 Å². The van der Waals surface area contributed by atoms with Crippen LogP contribution in [-0.2, 0) is 9.53 Å². The molecule has 0 amide bonds. The van der Waals surface area contributed by atoms with Crippen LogP contribution >= 0.6 is 0 Å². The zero-order chi connectivity index (χ0) is 13.9. The number of esters is 1. The van der Waals surface area contributed by atoms with Crippen LogP contribution < -0.4 is 5.73 Å². The number of carbonyl (C=O) groups excluding carboxylic acids is 1. The fraction of sp³-hybridized carbons (Fsp3) is 0.933. The number of carbonyl (C=O) groups is 1. The Morgan fingerprint density at radius 1 is 1.22 bits per heavy atom. The van der Waals surface area contributed by atoms with Crippen molar-refractivity contribution in [3.05, 3.63) is 0 Å². The highest BCUT2D eigenvalue weighted by Crippen LogP contribution is 2.35. The predicted molar refractivity (Wildman–Crippen MR) is 74.0 cm³/mol. The van der Waals surface area contributed by atoms with Gasteiger partial charge in [-0.2, -0.15) is 0 Å². The molecule has 2 N–H and O–H groups in total. The third-order valence-corrected chi connectivity index (χ3v) is 4.22. The van der Waals surface area contributed by atoms with E-state index in [-0.39, 0.29) is 18.0 Å². The monoisotopic (exact) mass is 255 g/mol. The molecule has 0 aromatic carbocycles. The van der Waals surface area contributed by atoms with Crippen molar-refractivity contribution < 1.29 is 9.53 Å². The van der Waals surface area contributed by atoms with E-state index in [1.54, 1.807) is 0 Å². The van der Waals surface area contributed by atoms with Crippen molar-refractivity contribution in [3.63, 3.8) is 0 Å². The van der Waals surface area contributed by atoms with Crippen LogP contribution in [0.15, 0.2) is 0 Å². The summed E-state index contributed by atoms with van der Waals surface area (Å²) in [5, 5.41) is 0. The van der Waals surface area contributed by atoms with Gasteiger partial charge in [0.25, 0.3) is 0 Å². The van der Waals surface area contributed by atoms with Gasteiger partial charge in [0.15, 0.2) is 0 Å². The Bertz CT molecular complexity index is 276. The lowest BCUT2D eigenvalue weighted by Crippen LogP contribution is -2.43. The third-order valence-electron chi connectivity index (χ3n) is 4.22. The molecule has 1 fully saturated rings. The SMILES string of the molecule is CC1CCC(C(C)C)C(OC(=O)C(N)C(C)C)C1. The maximum absolute atomic E-state index is 12.0. The number of nitrogens with two attached hydrogens (primary N) is 1. The van der Waals surface area contributed by atoms with Crippen LogP contribution in [0.1, 0.15) is 53.9 Å². The molecule has 0 heterocycles. The molecule has 0 bridgehead atoms. The topological polar surface area (TPSA) is 52.3 Å². The van der Waals surface area contributed by atoms with Crippen LogP contribution in [0, 0.1) is 23.7 Å². The second kappa shape index (κ2) is 6.55. The van der Waals surface area contributed by atoms with Gasteiger partial charge in [-0.1, -0.05) is 41.0 Å². The van der Waals surface area contributed by atoms with Gasteiger partial charge in [-0.3, -0.25) is 4.79 Å². The second-order valence-corrected chi connectivity index (χ2v) is 6.57. The normalized spacial score (nSPS) is 30.6. The molecule has 18 heavy (non-hydrogen) atoms. The molecule has 3 heteroatoms. The quantitative estimate of drug-likeness (QED) is 0.786. The number of ether oxygens (including phenoxy) is 1. The van der Waals surface area contributed by atoms with E-state index in [0.29, 0.717) is 17.8 Å².